The van der Waals surface area contributed by atoms with E-state index in [-0.39, 0.29) is 17.6 Å². The van der Waals surface area contributed by atoms with Gasteiger partial charge in [0.15, 0.2) is 11.9 Å². The van der Waals surface area contributed by atoms with Crippen LogP contribution in [-0.4, -0.2) is 31.1 Å². The molecule has 7 nitrogen and oxygen atoms in total. The quantitative estimate of drug-likeness (QED) is 0.668. The van der Waals surface area contributed by atoms with Crippen LogP contribution in [0.25, 0.3) is 0 Å². The molecule has 0 spiro atoms. The topological polar surface area (TPSA) is 81.0 Å². The van der Waals surface area contributed by atoms with Crippen molar-refractivity contribution in [2.45, 2.75) is 20.0 Å². The van der Waals surface area contributed by atoms with Crippen LogP contribution in [0.15, 0.2) is 65.3 Å². The Hall–Kier alpha value is -3.74. The average Bonchev–Trinajstić information content (AvgIpc) is 3.27. The normalized spacial score (nSPS) is 15.3. The van der Waals surface area contributed by atoms with Crippen molar-refractivity contribution in [3.8, 4) is 11.5 Å². The Bertz CT molecular complexity index is 1040. The summed E-state index contributed by atoms with van der Waals surface area (Å²) in [5.74, 6) is 0.998. The van der Waals surface area contributed by atoms with Gasteiger partial charge < -0.3 is 24.1 Å². The number of nitrogens with one attached hydrogen (secondary N) is 1. The number of carbonyl (C=O) groups is 2. The van der Waals surface area contributed by atoms with Crippen LogP contribution in [0.4, 0.5) is 11.4 Å². The van der Waals surface area contributed by atoms with Crippen LogP contribution in [0.2, 0.25) is 0 Å². The highest BCUT2D eigenvalue weighted by Gasteiger charge is 2.31. The molecular weight excluding hydrogens is 384 g/mol. The lowest BCUT2D eigenvalue weighted by atomic mass is 10.1. The number of carbonyl (C=O) groups excluding carboxylic acids is 2. The molecule has 0 saturated heterocycles. The van der Waals surface area contributed by atoms with E-state index in [4.69, 9.17) is 13.9 Å². The Balaban J connectivity index is 1.47. The summed E-state index contributed by atoms with van der Waals surface area (Å²) in [7, 11) is 0. The van der Waals surface area contributed by atoms with Crippen LogP contribution in [0.1, 0.15) is 23.0 Å². The molecule has 2 amide bonds. The summed E-state index contributed by atoms with van der Waals surface area (Å²) in [6.07, 6.45) is 0.808. The zero-order chi connectivity index (χ0) is 21.1. The molecule has 2 heterocycles. The first kappa shape index (κ1) is 19.6. The van der Waals surface area contributed by atoms with Crippen LogP contribution in [0.3, 0.4) is 0 Å². The van der Waals surface area contributed by atoms with Gasteiger partial charge in [-0.25, -0.2) is 0 Å². The molecule has 0 bridgehead atoms. The number of nitrogens with zero attached hydrogens (tertiary/aromatic N) is 1. The molecule has 30 heavy (non-hydrogen) atoms. The van der Waals surface area contributed by atoms with Gasteiger partial charge in [0.05, 0.1) is 18.5 Å². The first-order valence-electron chi connectivity index (χ1n) is 9.67. The number of benzene rings is 2. The predicted molar refractivity (Wildman–Crippen MR) is 112 cm³/mol. The summed E-state index contributed by atoms with van der Waals surface area (Å²) < 4.78 is 16.6. The van der Waals surface area contributed by atoms with Crippen LogP contribution in [-0.2, 0) is 4.79 Å². The third kappa shape index (κ3) is 4.15. The Morgan fingerprint density at radius 1 is 1.17 bits per heavy atom. The molecule has 0 radical (unpaired) electrons. The molecule has 1 N–H and O–H groups in total. The van der Waals surface area contributed by atoms with E-state index < -0.39 is 6.10 Å². The van der Waals surface area contributed by atoms with Crippen molar-refractivity contribution >= 4 is 23.2 Å². The Morgan fingerprint density at radius 2 is 1.97 bits per heavy atom. The third-order valence-electron chi connectivity index (χ3n) is 4.78. The minimum atomic E-state index is -0.632. The number of fused-ring (bicyclic) bond motifs is 1. The lowest BCUT2D eigenvalue weighted by Crippen LogP contribution is -2.46. The number of furan rings is 1. The van der Waals surface area contributed by atoms with Crippen molar-refractivity contribution in [3.05, 3.63) is 72.2 Å². The van der Waals surface area contributed by atoms with Crippen molar-refractivity contribution in [1.82, 2.24) is 0 Å². The zero-order valence-corrected chi connectivity index (χ0v) is 16.8. The van der Waals surface area contributed by atoms with E-state index in [0.29, 0.717) is 30.3 Å². The van der Waals surface area contributed by atoms with Gasteiger partial charge in [0, 0.05) is 11.8 Å². The highest BCUT2D eigenvalue weighted by Crippen LogP contribution is 2.36. The second-order valence-corrected chi connectivity index (χ2v) is 7.03. The van der Waals surface area contributed by atoms with Crippen molar-refractivity contribution in [2.24, 2.45) is 0 Å². The van der Waals surface area contributed by atoms with Crippen molar-refractivity contribution < 1.29 is 23.5 Å². The smallest absolute Gasteiger partial charge is 0.291 e. The molecule has 1 unspecified atom stereocenters. The maximum atomic E-state index is 12.7. The number of hydrogen-bond acceptors (Lipinski definition) is 5. The minimum Gasteiger partial charge on any atom is -0.492 e. The van der Waals surface area contributed by atoms with E-state index in [9.17, 15) is 9.59 Å². The molecule has 7 heteroatoms. The van der Waals surface area contributed by atoms with Gasteiger partial charge in [-0.1, -0.05) is 17.7 Å². The summed E-state index contributed by atoms with van der Waals surface area (Å²) >= 11 is 0. The first-order valence-corrected chi connectivity index (χ1v) is 9.67. The molecule has 1 aromatic heterocycles. The predicted octanol–water partition coefficient (Wildman–Crippen LogP) is 4.03. The number of amides is 2. The largest absolute Gasteiger partial charge is 0.492 e. The lowest BCUT2D eigenvalue weighted by molar-refractivity contribution is -0.125. The van der Waals surface area contributed by atoms with Gasteiger partial charge in [0.2, 0.25) is 0 Å². The first-order chi connectivity index (χ1) is 14.5. The zero-order valence-electron chi connectivity index (χ0n) is 16.8. The summed E-state index contributed by atoms with van der Waals surface area (Å²) in [5, 5.41) is 2.76. The SMILES string of the molecule is Cc1ccc(OCCN2C(=O)C(C)Oc3cc(NC(=O)c4ccco4)ccc32)cc1. The molecule has 1 atom stereocenters. The van der Waals surface area contributed by atoms with Gasteiger partial charge in [-0.05, 0) is 50.2 Å². The number of aryl methyl sites for hydroxylation is 1. The molecule has 3 aromatic rings. The van der Waals surface area contributed by atoms with Gasteiger partial charge in [0.25, 0.3) is 11.8 Å². The van der Waals surface area contributed by atoms with Crippen LogP contribution in [0.5, 0.6) is 11.5 Å². The Labute approximate surface area is 174 Å². The van der Waals surface area contributed by atoms with Gasteiger partial charge in [-0.15, -0.1) is 0 Å². The average molecular weight is 406 g/mol. The van der Waals surface area contributed by atoms with E-state index >= 15 is 0 Å². The van der Waals surface area contributed by atoms with Crippen LogP contribution >= 0.6 is 0 Å². The van der Waals surface area contributed by atoms with Crippen LogP contribution in [0, 0.1) is 6.92 Å². The van der Waals surface area contributed by atoms with Gasteiger partial charge in [0.1, 0.15) is 18.1 Å². The van der Waals surface area contributed by atoms with E-state index in [1.807, 2.05) is 31.2 Å². The highest BCUT2D eigenvalue weighted by molar-refractivity contribution is 6.03. The maximum absolute atomic E-state index is 12.7. The second kappa shape index (κ2) is 8.32. The van der Waals surface area contributed by atoms with Crippen molar-refractivity contribution in [2.75, 3.05) is 23.4 Å². The fourth-order valence-electron chi connectivity index (χ4n) is 3.21. The lowest BCUT2D eigenvalue weighted by Gasteiger charge is -2.33. The fraction of sp³-hybridized carbons (Fsp3) is 0.217. The molecule has 0 saturated carbocycles. The Morgan fingerprint density at radius 3 is 2.70 bits per heavy atom. The number of anilines is 2. The molecule has 0 aliphatic carbocycles. The summed E-state index contributed by atoms with van der Waals surface area (Å²) in [6, 6.07) is 16.2. The standard InChI is InChI=1S/C23H22N2O5/c1-15-5-8-18(9-6-15)28-13-11-25-19-10-7-17(14-21(19)30-16(2)23(25)27)24-22(26)20-4-3-12-29-20/h3-10,12,14,16H,11,13H2,1-2H3,(H,24,26). The molecule has 4 rings (SSSR count). The van der Waals surface area contributed by atoms with Crippen molar-refractivity contribution in [3.63, 3.8) is 0 Å². The van der Waals surface area contributed by atoms with Crippen LogP contribution < -0.4 is 19.7 Å². The van der Waals surface area contributed by atoms with Gasteiger partial charge >= 0.3 is 0 Å². The van der Waals surface area contributed by atoms with Gasteiger partial charge in [-0.2, -0.15) is 0 Å². The monoisotopic (exact) mass is 406 g/mol. The van der Waals surface area contributed by atoms with Crippen molar-refractivity contribution in [1.29, 1.82) is 0 Å². The summed E-state index contributed by atoms with van der Waals surface area (Å²) in [6.45, 7) is 4.44. The molecule has 1 aliphatic rings. The highest BCUT2D eigenvalue weighted by atomic mass is 16.5. The third-order valence-corrected chi connectivity index (χ3v) is 4.78. The molecule has 1 aliphatic heterocycles. The molecule has 0 fully saturated rings. The second-order valence-electron chi connectivity index (χ2n) is 7.03. The molecule has 154 valence electrons. The fourth-order valence-corrected chi connectivity index (χ4v) is 3.21. The van der Waals surface area contributed by atoms with E-state index in [1.165, 1.54) is 6.26 Å². The van der Waals surface area contributed by atoms with E-state index in [0.717, 1.165) is 11.3 Å². The molecule has 2 aromatic carbocycles. The number of hydrogen-bond donors (Lipinski definition) is 1. The number of rotatable bonds is 6. The Kier molecular flexibility index (Phi) is 5.43. The minimum absolute atomic E-state index is 0.137. The van der Waals surface area contributed by atoms with E-state index in [1.54, 1.807) is 42.2 Å². The summed E-state index contributed by atoms with van der Waals surface area (Å²) in [5.41, 5.74) is 2.34. The summed E-state index contributed by atoms with van der Waals surface area (Å²) in [4.78, 5) is 26.5. The number of ether oxygens (including phenoxy) is 2. The van der Waals surface area contributed by atoms with E-state index in [2.05, 4.69) is 5.32 Å². The van der Waals surface area contributed by atoms with Gasteiger partial charge in [-0.3, -0.25) is 9.59 Å². The maximum Gasteiger partial charge on any atom is 0.291 e. The molecular formula is C23H22N2O5.